The number of ether oxygens (including phenoxy) is 4. The molecule has 2 aromatic carbocycles. The van der Waals surface area contributed by atoms with Crippen molar-refractivity contribution in [2.45, 2.75) is 266 Å². The van der Waals surface area contributed by atoms with Crippen LogP contribution in [0.3, 0.4) is 0 Å². The van der Waals surface area contributed by atoms with Crippen molar-refractivity contribution in [3.8, 4) is 0 Å². The number of tetrazole rings is 1. The number of nitrogens with two attached hydrogens (primary N) is 2. The molecule has 2 aliphatic rings. The summed E-state index contributed by atoms with van der Waals surface area (Å²) in [5, 5.41) is 97.3. The van der Waals surface area contributed by atoms with E-state index in [1.54, 1.807) is 55.6 Å². The van der Waals surface area contributed by atoms with Crippen LogP contribution in [0.15, 0.2) is 60.8 Å². The van der Waals surface area contributed by atoms with Crippen LogP contribution < -0.4 is 80.6 Å². The second-order valence-corrected chi connectivity index (χ2v) is 32.9. The summed E-state index contributed by atoms with van der Waals surface area (Å²) in [6.07, 6.45) is 14.7. The highest BCUT2D eigenvalue weighted by atomic mass is 16.5. The minimum absolute atomic E-state index is 0.00152. The highest BCUT2D eigenvalue weighted by molar-refractivity contribution is 6.00. The molecule has 0 radical (unpaired) electrons. The van der Waals surface area contributed by atoms with Gasteiger partial charge in [-0.15, -0.1) is 5.10 Å². The highest BCUT2D eigenvalue weighted by Crippen LogP contribution is 2.24. The molecule has 0 unspecified atom stereocenters. The van der Waals surface area contributed by atoms with Gasteiger partial charge in [0.2, 0.25) is 82.7 Å². The summed E-state index contributed by atoms with van der Waals surface area (Å²) in [5.74, 6) is -12.2. The number of H-pyrrole nitrogens is 2. The zero-order valence-electron chi connectivity index (χ0n) is 75.9. The van der Waals surface area contributed by atoms with Crippen LogP contribution in [-0.2, 0) is 110 Å². The summed E-state index contributed by atoms with van der Waals surface area (Å²) in [6, 6.07) is 0.714. The summed E-state index contributed by atoms with van der Waals surface area (Å²) < 4.78 is 21.6. The second kappa shape index (κ2) is 63.3. The summed E-state index contributed by atoms with van der Waals surface area (Å²) in [6.45, 7) is -1.52. The van der Waals surface area contributed by atoms with Gasteiger partial charge in [-0.2, -0.15) is 0 Å². The maximum absolute atomic E-state index is 15.2. The number of carbonyl (C=O) groups is 15. The SMILES string of the molecule is CCCC[C@H](NC(=O)[C@H](CO)NC(=O)[C@H](CO)NC(=O)COCCOCCNC(=O)COCCOCCNC(=O)[C@@H](CCC(=O)O)NC(=O)CCCCCCCCCCCCCCCc1nnn[nH]1)C(=O)N[C@H]1CCC(=O)NCCCC[C@@H](C(N)=O)NC(=O)[C@H](Cc2c[nH]c3ccccc23)NC(=O)[C@H](CCCNC(=N)N)NC(=O)[C@@H](Cc2ccccc2)NC(=O)[C@@H]2C[C@@H](O)CN2C1=O. The van der Waals surface area contributed by atoms with Gasteiger partial charge in [-0.05, 0) is 91.8 Å². The van der Waals surface area contributed by atoms with Gasteiger partial charge in [0.05, 0.1) is 59.0 Å². The van der Waals surface area contributed by atoms with Crippen molar-refractivity contribution in [2.24, 2.45) is 11.5 Å². The first-order valence-corrected chi connectivity index (χ1v) is 46.1. The molecule has 2 aromatic heterocycles. The van der Waals surface area contributed by atoms with Gasteiger partial charge in [0.15, 0.2) is 5.96 Å². The molecule has 0 bridgehead atoms. The van der Waals surface area contributed by atoms with Crippen LogP contribution >= 0.6 is 0 Å². The van der Waals surface area contributed by atoms with Crippen molar-refractivity contribution in [3.05, 3.63) is 77.7 Å². The number of hydrogen-bond acceptors (Lipinski definition) is 26. The molecule has 738 valence electrons. The number of guanidine groups is 1. The van der Waals surface area contributed by atoms with Gasteiger partial charge in [-0.1, -0.05) is 139 Å². The number of hydrogen-bond donors (Lipinski definition) is 22. The number of aliphatic hydroxyl groups excluding tert-OH is 3. The molecular formula is C88H138N22O23. The molecule has 45 nitrogen and oxygen atoms in total. The molecule has 2 saturated heterocycles. The van der Waals surface area contributed by atoms with Crippen LogP contribution in [0.1, 0.15) is 197 Å². The van der Waals surface area contributed by atoms with E-state index in [0.717, 1.165) is 60.2 Å². The first-order chi connectivity index (χ1) is 64.2. The Kier molecular flexibility index (Phi) is 52.2. The number of nitrogens with one attached hydrogen (secondary N) is 16. The number of nitrogens with zero attached hydrogens (tertiary/aromatic N) is 4. The third-order valence-electron chi connectivity index (χ3n) is 22.3. The Morgan fingerprint density at radius 1 is 0.571 bits per heavy atom. The number of aliphatic hydroxyl groups is 3. The number of fused-ring (bicyclic) bond motifs is 2. The fourth-order valence-electron chi connectivity index (χ4n) is 15.0. The second-order valence-electron chi connectivity index (χ2n) is 32.9. The number of aromatic nitrogens is 5. The number of aliphatic carboxylic acids is 1. The van der Waals surface area contributed by atoms with Crippen LogP contribution in [0.5, 0.6) is 0 Å². The molecule has 0 spiro atoms. The number of rotatable bonds is 58. The Labute approximate surface area is 772 Å². The van der Waals surface area contributed by atoms with Crippen molar-refractivity contribution >= 4 is 106 Å². The first-order valence-electron chi connectivity index (χ1n) is 46.1. The van der Waals surface area contributed by atoms with Gasteiger partial charge >= 0.3 is 5.97 Å². The van der Waals surface area contributed by atoms with E-state index < -0.39 is 188 Å². The van der Waals surface area contributed by atoms with Crippen molar-refractivity contribution in [1.29, 1.82) is 5.41 Å². The Morgan fingerprint density at radius 2 is 1.15 bits per heavy atom. The van der Waals surface area contributed by atoms with E-state index >= 15 is 4.79 Å². The van der Waals surface area contributed by atoms with E-state index in [-0.39, 0.29) is 168 Å². The maximum atomic E-state index is 15.2. The predicted octanol–water partition coefficient (Wildman–Crippen LogP) is -2.34. The van der Waals surface area contributed by atoms with Gasteiger partial charge in [-0.25, -0.2) is 5.10 Å². The number of primary amides is 1. The van der Waals surface area contributed by atoms with Gasteiger partial charge in [0, 0.05) is 94.8 Å². The van der Waals surface area contributed by atoms with E-state index in [2.05, 4.69) is 94.7 Å². The maximum Gasteiger partial charge on any atom is 0.303 e. The Bertz CT molecular complexity index is 4280. The van der Waals surface area contributed by atoms with Gasteiger partial charge in [-0.3, -0.25) is 77.3 Å². The van der Waals surface area contributed by atoms with Gasteiger partial charge in [0.25, 0.3) is 0 Å². The number of aryl methyl sites for hydroxylation is 1. The third kappa shape index (κ3) is 43.6. The van der Waals surface area contributed by atoms with Gasteiger partial charge in [0.1, 0.15) is 79.5 Å². The molecule has 2 aliphatic heterocycles. The Hall–Kier alpha value is -11.9. The molecular weight excluding hydrogens is 1730 g/mol. The van der Waals surface area contributed by atoms with Crippen molar-refractivity contribution in [2.75, 3.05) is 98.8 Å². The number of carboxylic acids is 1. The summed E-state index contributed by atoms with van der Waals surface area (Å²) in [4.78, 5) is 210. The van der Waals surface area contributed by atoms with E-state index in [1.165, 1.54) is 44.9 Å². The molecule has 14 amide bonds. The van der Waals surface area contributed by atoms with Crippen molar-refractivity contribution in [1.82, 2.24) is 99.6 Å². The van der Waals surface area contributed by atoms with Crippen molar-refractivity contribution in [3.63, 3.8) is 0 Å². The lowest BCUT2D eigenvalue weighted by atomic mass is 10.0. The molecule has 6 rings (SSSR count). The van der Waals surface area contributed by atoms with E-state index in [0.29, 0.717) is 24.0 Å². The molecule has 11 atom stereocenters. The van der Waals surface area contributed by atoms with Crippen LogP contribution in [0.25, 0.3) is 10.9 Å². The Morgan fingerprint density at radius 3 is 1.80 bits per heavy atom. The lowest BCUT2D eigenvalue weighted by molar-refractivity contribution is -0.143. The average molecular weight is 1870 g/mol. The zero-order chi connectivity index (χ0) is 96.5. The lowest BCUT2D eigenvalue weighted by Gasteiger charge is -2.31. The zero-order valence-corrected chi connectivity index (χ0v) is 75.9. The first kappa shape index (κ1) is 110. The smallest absolute Gasteiger partial charge is 0.303 e. The third-order valence-corrected chi connectivity index (χ3v) is 22.3. The van der Waals surface area contributed by atoms with Crippen LogP contribution in [0.2, 0.25) is 0 Å². The van der Waals surface area contributed by atoms with Crippen LogP contribution in [-0.4, -0.2) is 311 Å². The van der Waals surface area contributed by atoms with Crippen LogP contribution in [0.4, 0.5) is 0 Å². The topological polar surface area (TPSA) is 680 Å². The number of aromatic amines is 2. The largest absolute Gasteiger partial charge is 0.481 e. The van der Waals surface area contributed by atoms with E-state index in [1.807, 2.05) is 12.1 Å². The molecule has 45 heteroatoms. The summed E-state index contributed by atoms with van der Waals surface area (Å²) >= 11 is 0. The summed E-state index contributed by atoms with van der Waals surface area (Å²) in [5.41, 5.74) is 13.3. The number of carbonyl (C=O) groups excluding carboxylic acids is 14. The van der Waals surface area contributed by atoms with E-state index in [9.17, 15) is 87.5 Å². The molecule has 2 fully saturated rings. The molecule has 0 aliphatic carbocycles. The summed E-state index contributed by atoms with van der Waals surface area (Å²) in [7, 11) is 0. The fourth-order valence-corrected chi connectivity index (χ4v) is 15.0. The van der Waals surface area contributed by atoms with E-state index in [4.69, 9.17) is 35.8 Å². The monoisotopic (exact) mass is 1870 g/mol. The minimum atomic E-state index is -1.82. The predicted molar refractivity (Wildman–Crippen MR) is 482 cm³/mol. The van der Waals surface area contributed by atoms with Gasteiger partial charge < -0.3 is 130 Å². The number of carboxylic acid groups (broad SMARTS) is 1. The fraction of sp³-hybridized carbons (Fsp3) is 0.648. The number of para-hydroxylation sites is 1. The van der Waals surface area contributed by atoms with Crippen molar-refractivity contribution < 1.29 is 111 Å². The molecule has 4 heterocycles. The minimum Gasteiger partial charge on any atom is -0.481 e. The molecule has 4 aromatic rings. The standard InChI is InChI=1S/C88H138N22O23/c1-2-3-28-63(101-85(127)70(54-112)105-84(126)69(53-111)98-76(117)56-133-47-45-130-42-40-93-75(116)55-132-46-44-131-43-41-94-79(121)65(35-37-77(118)119)97-74(115)33-19-14-12-10-8-6-4-5-7-9-11-13-18-32-72-106-108-109-107-72)80(122)102-66-34-36-73(114)92-38-23-22-30-62(78(89)120)99-83(125)68(49-58-51-96-61-29-21-20-27-60(58)61)103-81(123)64(31-24-39-95-88(90)91)100-82(124)67(48-57-25-16-15-17-26-57)104-86(128)71-50-59(113)52-110(71)87(66)129/h15-17,20-21,25-27,29,51,59,62-71,96,111-113H,2-14,18-19,22-24,28,30-50,52-56H2,1H3,(H2,89,120)(H,92,114)(H,93,116)(H,94,121)(H,97,115)(H,98,117)(H,99,125)(H,100,124)(H,101,127)(H,102,122)(H,103,123)(H,104,128)(H,105,126)(H,118,119)(H4,90,91,95)(H,106,107,108,109)/t59-,62+,63+,64+,65-,66+,67-,68+,69+,70+,71+/m1/s1. The average Bonchev–Trinajstić information content (AvgIpc) is 1.67. The normalized spacial score (nSPS) is 18.7. The molecule has 133 heavy (non-hydrogen) atoms. The number of benzene rings is 2. The number of unbranched alkanes of at least 4 members (excludes halogenated alkanes) is 13. The quantitative estimate of drug-likeness (QED) is 0.0125. The molecule has 24 N–H and O–H groups in total. The lowest BCUT2D eigenvalue weighted by Crippen LogP contribution is -2.61. The van der Waals surface area contributed by atoms with Crippen LogP contribution in [0, 0.1) is 5.41 Å². The highest BCUT2D eigenvalue weighted by Gasteiger charge is 2.44. The Balaban J connectivity index is 0.941. The number of amides is 14. The molecule has 0 saturated carbocycles.